The van der Waals surface area contributed by atoms with Crippen molar-refractivity contribution < 1.29 is 23.8 Å². The fourth-order valence-electron chi connectivity index (χ4n) is 3.29. The molecule has 0 fully saturated rings. The Kier molecular flexibility index (Phi) is 6.65. The number of Topliss-reactive ketones (excluding diaryl/α,β-unsaturated/α-hetero) is 1. The first-order chi connectivity index (χ1) is 14.7. The monoisotopic (exact) mass is 423 g/mol. The van der Waals surface area contributed by atoms with Gasteiger partial charge in [-0.05, 0) is 37.1 Å². The van der Waals surface area contributed by atoms with E-state index in [1.54, 1.807) is 6.92 Å². The van der Waals surface area contributed by atoms with Gasteiger partial charge < -0.3 is 14.8 Å². The van der Waals surface area contributed by atoms with Crippen molar-refractivity contribution in [3.63, 3.8) is 0 Å². The molecule has 1 atom stereocenters. The molecule has 0 aliphatic rings. The molecule has 0 saturated carbocycles. The van der Waals surface area contributed by atoms with Crippen molar-refractivity contribution in [1.29, 1.82) is 0 Å². The van der Waals surface area contributed by atoms with Crippen LogP contribution in [0.2, 0.25) is 0 Å². The average molecular weight is 423 g/mol. The van der Waals surface area contributed by atoms with Crippen LogP contribution >= 0.6 is 0 Å². The lowest BCUT2D eigenvalue weighted by atomic mass is 9.85. The highest BCUT2D eigenvalue weighted by Gasteiger charge is 2.23. The number of carbonyl (C=O) groups excluding carboxylic acids is 1. The molecule has 0 aliphatic heterocycles. The molecule has 0 saturated heterocycles. The fraction of sp³-hybridized carbons (Fsp3) is 0.208. The van der Waals surface area contributed by atoms with E-state index in [1.165, 1.54) is 24.4 Å². The first-order valence-electron chi connectivity index (χ1n) is 9.67. The number of hydrogen-bond acceptors (Lipinski definition) is 4. The number of benzene rings is 2. The van der Waals surface area contributed by atoms with E-state index in [-0.39, 0.29) is 23.5 Å². The van der Waals surface area contributed by atoms with Gasteiger partial charge in [0.1, 0.15) is 11.6 Å². The van der Waals surface area contributed by atoms with E-state index < -0.39 is 24.3 Å². The number of carboxylic acid groups (broad SMARTS) is 1. The summed E-state index contributed by atoms with van der Waals surface area (Å²) in [4.78, 5) is 37.8. The Hall–Kier alpha value is -3.74. The highest BCUT2D eigenvalue weighted by atomic mass is 19.1. The summed E-state index contributed by atoms with van der Waals surface area (Å²) in [7, 11) is 0. The van der Waals surface area contributed by atoms with Gasteiger partial charge in [-0.15, -0.1) is 0 Å². The second kappa shape index (κ2) is 9.38. The number of pyridine rings is 1. The van der Waals surface area contributed by atoms with Crippen LogP contribution in [0.25, 0.3) is 0 Å². The molecule has 2 aromatic carbocycles. The van der Waals surface area contributed by atoms with Gasteiger partial charge in [-0.1, -0.05) is 35.9 Å². The lowest BCUT2D eigenvalue weighted by molar-refractivity contribution is -0.139. The highest BCUT2D eigenvalue weighted by molar-refractivity contribution is 5.96. The Morgan fingerprint density at radius 2 is 1.81 bits per heavy atom. The zero-order valence-corrected chi connectivity index (χ0v) is 17.1. The molecule has 0 amide bonds. The van der Waals surface area contributed by atoms with E-state index in [0.29, 0.717) is 16.7 Å². The zero-order valence-electron chi connectivity index (χ0n) is 17.1. The van der Waals surface area contributed by atoms with Gasteiger partial charge in [-0.2, -0.15) is 0 Å². The molecule has 0 aliphatic carbocycles. The number of aliphatic carboxylic acids is 1. The third-order valence-electron chi connectivity index (χ3n) is 4.99. The van der Waals surface area contributed by atoms with Gasteiger partial charge in [0.05, 0.1) is 0 Å². The number of ether oxygens (including phenoxy) is 1. The van der Waals surface area contributed by atoms with Crippen molar-refractivity contribution in [2.24, 2.45) is 0 Å². The largest absolute Gasteiger partial charge is 0.482 e. The van der Waals surface area contributed by atoms with Gasteiger partial charge in [0.15, 0.2) is 12.4 Å². The topological polar surface area (TPSA) is 96.5 Å². The van der Waals surface area contributed by atoms with Crippen molar-refractivity contribution >= 4 is 11.8 Å². The van der Waals surface area contributed by atoms with Gasteiger partial charge in [0.25, 0.3) is 5.56 Å². The van der Waals surface area contributed by atoms with Crippen molar-refractivity contribution in [2.45, 2.75) is 26.2 Å². The third kappa shape index (κ3) is 5.45. The predicted molar refractivity (Wildman–Crippen MR) is 113 cm³/mol. The van der Waals surface area contributed by atoms with Crippen LogP contribution in [0.15, 0.2) is 59.5 Å². The maximum Gasteiger partial charge on any atom is 0.341 e. The van der Waals surface area contributed by atoms with Crippen LogP contribution in [0.4, 0.5) is 4.39 Å². The van der Waals surface area contributed by atoms with Crippen molar-refractivity contribution in [3.8, 4) is 5.75 Å². The minimum atomic E-state index is -1.16. The number of H-pyrrole nitrogens is 1. The number of carbonyl (C=O) groups is 2. The Bertz CT molecular complexity index is 1170. The predicted octanol–water partition coefficient (Wildman–Crippen LogP) is 4.00. The molecule has 0 radical (unpaired) electrons. The number of nitrogens with one attached hydrogen (secondary N) is 1. The third-order valence-corrected chi connectivity index (χ3v) is 4.99. The summed E-state index contributed by atoms with van der Waals surface area (Å²) in [6.07, 6.45) is 1.35. The first kappa shape index (κ1) is 22.0. The van der Waals surface area contributed by atoms with Crippen LogP contribution in [0.3, 0.4) is 0 Å². The second-order valence-corrected chi connectivity index (χ2v) is 7.36. The number of carboxylic acids is 1. The molecule has 0 bridgehead atoms. The quantitative estimate of drug-likeness (QED) is 0.534. The summed E-state index contributed by atoms with van der Waals surface area (Å²) in [5, 5.41) is 8.72. The maximum absolute atomic E-state index is 15.0. The van der Waals surface area contributed by atoms with Crippen LogP contribution in [0.5, 0.6) is 5.75 Å². The van der Waals surface area contributed by atoms with Gasteiger partial charge in [-0.25, -0.2) is 9.18 Å². The van der Waals surface area contributed by atoms with E-state index >= 15 is 0 Å². The number of halogens is 1. The molecule has 2 N–H and O–H groups in total. The van der Waals surface area contributed by atoms with E-state index in [4.69, 9.17) is 9.84 Å². The summed E-state index contributed by atoms with van der Waals surface area (Å²) in [5.74, 6) is -2.49. The molecular formula is C24H22FNO5. The Labute approximate surface area is 178 Å². The summed E-state index contributed by atoms with van der Waals surface area (Å²) < 4.78 is 20.0. The Balaban J connectivity index is 1.96. The van der Waals surface area contributed by atoms with Gasteiger partial charge >= 0.3 is 5.97 Å². The summed E-state index contributed by atoms with van der Waals surface area (Å²) >= 11 is 0. The molecule has 31 heavy (non-hydrogen) atoms. The number of rotatable bonds is 8. The molecule has 0 spiro atoms. The van der Waals surface area contributed by atoms with E-state index in [9.17, 15) is 18.8 Å². The minimum Gasteiger partial charge on any atom is -0.482 e. The molecular weight excluding hydrogens is 401 g/mol. The summed E-state index contributed by atoms with van der Waals surface area (Å²) in [6.45, 7) is 2.97. The van der Waals surface area contributed by atoms with Crippen molar-refractivity contribution in [3.05, 3.63) is 98.7 Å². The van der Waals surface area contributed by atoms with Crippen LogP contribution < -0.4 is 10.3 Å². The molecule has 7 heteroatoms. The first-order valence-corrected chi connectivity index (χ1v) is 9.67. The molecule has 3 rings (SSSR count). The number of aryl methyl sites for hydroxylation is 2. The number of hydrogen-bond donors (Lipinski definition) is 2. The zero-order chi connectivity index (χ0) is 22.5. The van der Waals surface area contributed by atoms with Crippen LogP contribution in [0, 0.1) is 19.7 Å². The van der Waals surface area contributed by atoms with Gasteiger partial charge in [0.2, 0.25) is 0 Å². The smallest absolute Gasteiger partial charge is 0.341 e. The maximum atomic E-state index is 15.0. The normalized spacial score (nSPS) is 11.7. The second-order valence-electron chi connectivity index (χ2n) is 7.36. The van der Waals surface area contributed by atoms with Gasteiger partial charge in [0, 0.05) is 35.7 Å². The van der Waals surface area contributed by atoms with E-state index in [0.717, 1.165) is 17.2 Å². The lowest BCUT2D eigenvalue weighted by Crippen LogP contribution is -2.15. The number of aromatic nitrogens is 1. The van der Waals surface area contributed by atoms with Crippen molar-refractivity contribution in [1.82, 2.24) is 4.98 Å². The van der Waals surface area contributed by atoms with Crippen molar-refractivity contribution in [2.75, 3.05) is 6.61 Å². The summed E-state index contributed by atoms with van der Waals surface area (Å²) in [5.41, 5.74) is 2.58. The lowest BCUT2D eigenvalue weighted by Gasteiger charge is -2.19. The Morgan fingerprint density at radius 1 is 1.10 bits per heavy atom. The minimum absolute atomic E-state index is 0.0131. The van der Waals surface area contributed by atoms with Crippen LogP contribution in [-0.4, -0.2) is 28.4 Å². The Morgan fingerprint density at radius 3 is 2.42 bits per heavy atom. The number of aromatic amines is 1. The molecule has 1 unspecified atom stereocenters. The average Bonchev–Trinajstić information content (AvgIpc) is 2.73. The standard InChI is InChI=1S/C24H22FNO5/c1-14-3-5-16(6-4-14)20(11-22(27)17-9-15(2)24(30)26-12-17)19-8-7-18(10-21(19)25)31-13-23(28)29/h3-10,12,20H,11,13H2,1-2H3,(H,26,30)(H,28,29). The highest BCUT2D eigenvalue weighted by Crippen LogP contribution is 2.33. The molecule has 3 aromatic rings. The van der Waals surface area contributed by atoms with E-state index in [2.05, 4.69) is 4.98 Å². The molecule has 160 valence electrons. The molecule has 6 nitrogen and oxygen atoms in total. The fourth-order valence-corrected chi connectivity index (χ4v) is 3.29. The van der Waals surface area contributed by atoms with E-state index in [1.807, 2.05) is 31.2 Å². The summed E-state index contributed by atoms with van der Waals surface area (Å²) in [6, 6.07) is 13.1. The van der Waals surface area contributed by atoms with Crippen LogP contribution in [-0.2, 0) is 4.79 Å². The van der Waals surface area contributed by atoms with Crippen LogP contribution in [0.1, 0.15) is 45.0 Å². The molecule has 1 heterocycles. The SMILES string of the molecule is Cc1ccc(C(CC(=O)c2c[nH]c(=O)c(C)c2)c2ccc(OCC(=O)O)cc2F)cc1. The number of ketones is 1. The molecule has 1 aromatic heterocycles. The van der Waals surface area contributed by atoms with Gasteiger partial charge in [-0.3, -0.25) is 9.59 Å².